The Kier molecular flexibility index (Phi) is 3.04. The molecule has 4 atom stereocenters. The molecular weight excluding hydrogens is 306 g/mol. The van der Waals surface area contributed by atoms with Gasteiger partial charge in [-0.2, -0.15) is 0 Å². The maximum Gasteiger partial charge on any atom is 0.335 e. The van der Waals surface area contributed by atoms with Gasteiger partial charge in [-0.1, -0.05) is 29.4 Å². The summed E-state index contributed by atoms with van der Waals surface area (Å²) >= 11 is 0. The van der Waals surface area contributed by atoms with Gasteiger partial charge in [0, 0.05) is 11.8 Å². The number of hydrogen-bond acceptors (Lipinski definition) is 3. The number of imide groups is 1. The first-order chi connectivity index (χ1) is 11.4. The molecule has 4 unspecified atom stereocenters. The minimum absolute atomic E-state index is 0.00546. The van der Waals surface area contributed by atoms with E-state index in [1.807, 2.05) is 26.0 Å². The Bertz CT molecular complexity index is 813. The number of allylic oxidation sites excluding steroid dienone is 4. The standard InChI is InChI=1S/C19H17NO4/c1-9(2)14-12-6-7-13(14)16-15(12)17(21)20(18(16)22)11-5-3-4-10(8-11)19(23)24/h3-8,12-13,15-16H,1-2H3,(H,23,24). The van der Waals surface area contributed by atoms with E-state index in [2.05, 4.69) is 0 Å². The van der Waals surface area contributed by atoms with Crippen LogP contribution in [0.2, 0.25) is 0 Å². The lowest BCUT2D eigenvalue weighted by atomic mass is 9.85. The summed E-state index contributed by atoms with van der Waals surface area (Å²) < 4.78 is 0. The summed E-state index contributed by atoms with van der Waals surface area (Å²) in [5, 5.41) is 9.13. The Balaban J connectivity index is 1.76. The lowest BCUT2D eigenvalue weighted by Gasteiger charge is -2.19. The summed E-state index contributed by atoms with van der Waals surface area (Å²) in [4.78, 5) is 38.2. The highest BCUT2D eigenvalue weighted by atomic mass is 16.4. The van der Waals surface area contributed by atoms with Gasteiger partial charge in [0.05, 0.1) is 23.1 Å². The molecule has 2 fully saturated rings. The molecule has 1 saturated carbocycles. The van der Waals surface area contributed by atoms with Crippen LogP contribution in [0.1, 0.15) is 24.2 Å². The molecule has 3 aliphatic rings. The van der Waals surface area contributed by atoms with Crippen LogP contribution < -0.4 is 4.90 Å². The number of aromatic carboxylic acids is 1. The number of carbonyl (C=O) groups is 3. The molecule has 0 spiro atoms. The summed E-state index contributed by atoms with van der Waals surface area (Å²) in [7, 11) is 0. The Morgan fingerprint density at radius 3 is 2.12 bits per heavy atom. The Morgan fingerprint density at radius 2 is 1.62 bits per heavy atom. The first kappa shape index (κ1) is 14.9. The number of rotatable bonds is 2. The van der Waals surface area contributed by atoms with E-state index in [-0.39, 0.29) is 41.0 Å². The van der Waals surface area contributed by atoms with Crippen LogP contribution in [0.3, 0.4) is 0 Å². The molecule has 2 aliphatic carbocycles. The topological polar surface area (TPSA) is 74.7 Å². The normalized spacial score (nSPS) is 30.2. The molecule has 5 nitrogen and oxygen atoms in total. The predicted octanol–water partition coefficient (Wildman–Crippen LogP) is 2.64. The number of amides is 2. The molecule has 1 N–H and O–H groups in total. The predicted molar refractivity (Wildman–Crippen MR) is 87.4 cm³/mol. The lowest BCUT2D eigenvalue weighted by Crippen LogP contribution is -2.33. The number of anilines is 1. The van der Waals surface area contributed by atoms with E-state index in [1.54, 1.807) is 12.1 Å². The van der Waals surface area contributed by atoms with E-state index >= 15 is 0 Å². The molecule has 1 heterocycles. The zero-order valence-electron chi connectivity index (χ0n) is 13.4. The molecule has 2 bridgehead atoms. The van der Waals surface area contributed by atoms with Crippen molar-refractivity contribution in [2.75, 3.05) is 4.90 Å². The van der Waals surface area contributed by atoms with Crippen LogP contribution in [-0.2, 0) is 9.59 Å². The van der Waals surface area contributed by atoms with Crippen LogP contribution in [0, 0.1) is 23.7 Å². The van der Waals surface area contributed by atoms with E-state index in [0.29, 0.717) is 5.69 Å². The number of carboxylic acids is 1. The van der Waals surface area contributed by atoms with Gasteiger partial charge >= 0.3 is 5.97 Å². The van der Waals surface area contributed by atoms with Crippen molar-refractivity contribution in [1.29, 1.82) is 0 Å². The smallest absolute Gasteiger partial charge is 0.335 e. The van der Waals surface area contributed by atoms with Gasteiger partial charge < -0.3 is 5.11 Å². The average Bonchev–Trinajstić information content (AvgIpc) is 3.17. The maximum atomic E-state index is 12.9. The highest BCUT2D eigenvalue weighted by Crippen LogP contribution is 2.57. The van der Waals surface area contributed by atoms with Crippen molar-refractivity contribution in [2.45, 2.75) is 13.8 Å². The van der Waals surface area contributed by atoms with E-state index < -0.39 is 5.97 Å². The van der Waals surface area contributed by atoms with Crippen LogP contribution in [-0.4, -0.2) is 22.9 Å². The van der Waals surface area contributed by atoms with E-state index in [1.165, 1.54) is 28.2 Å². The fourth-order valence-electron chi connectivity index (χ4n) is 4.46. The van der Waals surface area contributed by atoms with Gasteiger partial charge in [0.25, 0.3) is 0 Å². The zero-order chi connectivity index (χ0) is 17.2. The third kappa shape index (κ3) is 1.78. The monoisotopic (exact) mass is 323 g/mol. The minimum atomic E-state index is -1.08. The largest absolute Gasteiger partial charge is 0.478 e. The fourth-order valence-corrected chi connectivity index (χ4v) is 4.46. The number of fused-ring (bicyclic) bond motifs is 5. The van der Waals surface area contributed by atoms with Crippen molar-refractivity contribution in [2.24, 2.45) is 23.7 Å². The zero-order valence-corrected chi connectivity index (χ0v) is 13.4. The minimum Gasteiger partial charge on any atom is -0.478 e. The first-order valence-electron chi connectivity index (χ1n) is 7.98. The Hall–Kier alpha value is -2.69. The second kappa shape index (κ2) is 4.90. The van der Waals surface area contributed by atoms with Gasteiger partial charge in [-0.25, -0.2) is 9.69 Å². The fraction of sp³-hybridized carbons (Fsp3) is 0.316. The van der Waals surface area contributed by atoms with Crippen LogP contribution >= 0.6 is 0 Å². The molecule has 0 aromatic heterocycles. The molecular formula is C19H17NO4. The lowest BCUT2D eigenvalue weighted by molar-refractivity contribution is -0.122. The van der Waals surface area contributed by atoms with Gasteiger partial charge in [-0.3, -0.25) is 9.59 Å². The third-order valence-corrected chi connectivity index (χ3v) is 5.34. The molecule has 1 aromatic rings. The molecule has 0 radical (unpaired) electrons. The highest BCUT2D eigenvalue weighted by Gasteiger charge is 2.61. The molecule has 1 aromatic carbocycles. The summed E-state index contributed by atoms with van der Waals surface area (Å²) in [5.74, 6) is -2.24. The maximum absolute atomic E-state index is 12.9. The van der Waals surface area contributed by atoms with Crippen molar-refractivity contribution in [3.8, 4) is 0 Å². The highest BCUT2D eigenvalue weighted by molar-refractivity contribution is 6.23. The number of carbonyl (C=O) groups excluding carboxylic acids is 2. The molecule has 122 valence electrons. The second-order valence-corrected chi connectivity index (χ2v) is 6.81. The molecule has 2 amide bonds. The molecule has 1 aliphatic heterocycles. The van der Waals surface area contributed by atoms with Crippen molar-refractivity contribution < 1.29 is 19.5 Å². The molecule has 1 saturated heterocycles. The van der Waals surface area contributed by atoms with Gasteiger partial charge in [0.2, 0.25) is 11.8 Å². The van der Waals surface area contributed by atoms with E-state index in [9.17, 15) is 14.4 Å². The van der Waals surface area contributed by atoms with Gasteiger partial charge in [0.15, 0.2) is 0 Å². The van der Waals surface area contributed by atoms with Crippen LogP contribution in [0.4, 0.5) is 5.69 Å². The second-order valence-electron chi connectivity index (χ2n) is 6.81. The van der Waals surface area contributed by atoms with Crippen molar-refractivity contribution in [3.05, 3.63) is 53.1 Å². The SMILES string of the molecule is CC(C)=C1C2C=CC1C1C(=O)N(c3cccc(C(=O)O)c3)C(=O)C21. The van der Waals surface area contributed by atoms with Crippen LogP contribution in [0.5, 0.6) is 0 Å². The number of benzene rings is 1. The molecule has 5 heteroatoms. The number of carboxylic acid groups (broad SMARTS) is 1. The summed E-state index contributed by atoms with van der Waals surface area (Å²) in [6.07, 6.45) is 4.08. The van der Waals surface area contributed by atoms with Gasteiger partial charge in [0.1, 0.15) is 0 Å². The van der Waals surface area contributed by atoms with Crippen molar-refractivity contribution >= 4 is 23.5 Å². The van der Waals surface area contributed by atoms with Crippen molar-refractivity contribution in [1.82, 2.24) is 0 Å². The molecule has 4 rings (SSSR count). The first-order valence-corrected chi connectivity index (χ1v) is 7.98. The van der Waals surface area contributed by atoms with Gasteiger partial charge in [-0.15, -0.1) is 0 Å². The van der Waals surface area contributed by atoms with Crippen molar-refractivity contribution in [3.63, 3.8) is 0 Å². The summed E-state index contributed by atoms with van der Waals surface area (Å²) in [5.41, 5.74) is 2.78. The Morgan fingerprint density at radius 1 is 1.04 bits per heavy atom. The summed E-state index contributed by atoms with van der Waals surface area (Å²) in [6, 6.07) is 6.00. The van der Waals surface area contributed by atoms with Crippen LogP contribution in [0.15, 0.2) is 47.6 Å². The molecule has 24 heavy (non-hydrogen) atoms. The van der Waals surface area contributed by atoms with Crippen LogP contribution in [0.25, 0.3) is 0 Å². The summed E-state index contributed by atoms with van der Waals surface area (Å²) in [6.45, 7) is 4.04. The third-order valence-electron chi connectivity index (χ3n) is 5.34. The number of hydrogen-bond donors (Lipinski definition) is 1. The van der Waals surface area contributed by atoms with Gasteiger partial charge in [-0.05, 0) is 32.0 Å². The van der Waals surface area contributed by atoms with E-state index in [4.69, 9.17) is 5.11 Å². The quantitative estimate of drug-likeness (QED) is 0.670. The average molecular weight is 323 g/mol. The Labute approximate surface area is 139 Å². The van der Waals surface area contributed by atoms with E-state index in [0.717, 1.165) is 0 Å². The number of nitrogens with zero attached hydrogens (tertiary/aromatic N) is 1.